The Morgan fingerprint density at radius 3 is 2.74 bits per heavy atom. The van der Waals surface area contributed by atoms with Crippen molar-refractivity contribution < 1.29 is 9.21 Å². The van der Waals surface area contributed by atoms with Crippen molar-refractivity contribution in [3.63, 3.8) is 0 Å². The van der Waals surface area contributed by atoms with Crippen LogP contribution in [0.15, 0.2) is 59.2 Å². The Labute approximate surface area is 157 Å². The van der Waals surface area contributed by atoms with Gasteiger partial charge in [0, 0.05) is 31.2 Å². The van der Waals surface area contributed by atoms with Crippen LogP contribution in [0.3, 0.4) is 0 Å². The summed E-state index contributed by atoms with van der Waals surface area (Å²) < 4.78 is 7.23. The molecule has 4 heterocycles. The first-order valence-electron chi connectivity index (χ1n) is 9.52. The van der Waals surface area contributed by atoms with Gasteiger partial charge in [-0.15, -0.1) is 0 Å². The topological polar surface area (TPSA) is 63.3 Å². The quantitative estimate of drug-likeness (QED) is 0.778. The zero-order valence-electron chi connectivity index (χ0n) is 15.0. The highest BCUT2D eigenvalue weighted by Gasteiger charge is 2.33. The van der Waals surface area contributed by atoms with Gasteiger partial charge in [-0.1, -0.05) is 18.2 Å². The van der Waals surface area contributed by atoms with Gasteiger partial charge in [-0.25, -0.2) is 4.68 Å². The van der Waals surface area contributed by atoms with Gasteiger partial charge in [-0.05, 0) is 43.5 Å². The molecule has 2 bridgehead atoms. The molecule has 138 valence electrons. The number of likely N-dealkylation sites (tertiary alicyclic amines) is 1. The number of aromatic nitrogens is 2. The van der Waals surface area contributed by atoms with Gasteiger partial charge in [-0.3, -0.25) is 4.79 Å². The SMILES string of the molecule is O=C(c1cc(-c2ccco2)nn1-c1ccccc1)N1CCC2CCC(C1)N2. The predicted molar refractivity (Wildman–Crippen MR) is 102 cm³/mol. The van der Waals surface area contributed by atoms with E-state index < -0.39 is 0 Å². The Morgan fingerprint density at radius 2 is 1.93 bits per heavy atom. The maximum atomic E-state index is 13.4. The molecule has 2 fully saturated rings. The van der Waals surface area contributed by atoms with Gasteiger partial charge in [0.05, 0.1) is 12.0 Å². The number of para-hydroxylation sites is 1. The van der Waals surface area contributed by atoms with E-state index in [4.69, 9.17) is 4.42 Å². The van der Waals surface area contributed by atoms with Crippen molar-refractivity contribution in [1.82, 2.24) is 20.0 Å². The van der Waals surface area contributed by atoms with E-state index in [2.05, 4.69) is 10.4 Å². The van der Waals surface area contributed by atoms with Gasteiger partial charge >= 0.3 is 0 Å². The zero-order chi connectivity index (χ0) is 18.2. The molecule has 2 aliphatic heterocycles. The smallest absolute Gasteiger partial charge is 0.272 e. The first-order chi connectivity index (χ1) is 13.3. The predicted octanol–water partition coefficient (Wildman–Crippen LogP) is 3.10. The second-order valence-corrected chi connectivity index (χ2v) is 7.32. The third-order valence-electron chi connectivity index (χ3n) is 5.51. The Morgan fingerprint density at radius 1 is 1.07 bits per heavy atom. The van der Waals surface area contributed by atoms with Crippen LogP contribution in [0, 0.1) is 0 Å². The highest BCUT2D eigenvalue weighted by atomic mass is 16.3. The van der Waals surface area contributed by atoms with E-state index >= 15 is 0 Å². The maximum absolute atomic E-state index is 13.4. The molecule has 2 saturated heterocycles. The molecule has 5 rings (SSSR count). The van der Waals surface area contributed by atoms with Gasteiger partial charge in [0.25, 0.3) is 5.91 Å². The van der Waals surface area contributed by atoms with E-state index in [0.717, 1.165) is 31.6 Å². The average molecular weight is 362 g/mol. The number of carbonyl (C=O) groups is 1. The van der Waals surface area contributed by atoms with Gasteiger partial charge in [-0.2, -0.15) is 5.10 Å². The summed E-state index contributed by atoms with van der Waals surface area (Å²) in [6.07, 6.45) is 4.99. The first kappa shape index (κ1) is 16.3. The Bertz CT molecular complexity index is 933. The van der Waals surface area contributed by atoms with Gasteiger partial charge in [0.1, 0.15) is 11.4 Å². The summed E-state index contributed by atoms with van der Waals surface area (Å²) in [5, 5.41) is 8.30. The number of hydrogen-bond donors (Lipinski definition) is 1. The van der Waals surface area contributed by atoms with Crippen LogP contribution in [0.25, 0.3) is 17.1 Å². The van der Waals surface area contributed by atoms with Gasteiger partial charge < -0.3 is 14.6 Å². The van der Waals surface area contributed by atoms with E-state index in [0.29, 0.717) is 29.2 Å². The van der Waals surface area contributed by atoms with Crippen LogP contribution < -0.4 is 5.32 Å². The van der Waals surface area contributed by atoms with E-state index in [1.54, 1.807) is 10.9 Å². The van der Waals surface area contributed by atoms with Crippen LogP contribution in [0.2, 0.25) is 0 Å². The average Bonchev–Trinajstić information content (AvgIpc) is 3.41. The van der Waals surface area contributed by atoms with E-state index in [-0.39, 0.29) is 5.91 Å². The molecule has 1 aromatic carbocycles. The molecule has 6 nitrogen and oxygen atoms in total. The number of hydrogen-bond acceptors (Lipinski definition) is 4. The van der Waals surface area contributed by atoms with Crippen LogP contribution >= 0.6 is 0 Å². The van der Waals surface area contributed by atoms with Gasteiger partial charge in [0.15, 0.2) is 5.76 Å². The number of furan rings is 1. The van der Waals surface area contributed by atoms with Crippen molar-refractivity contribution in [2.75, 3.05) is 13.1 Å². The highest BCUT2D eigenvalue weighted by molar-refractivity contribution is 5.94. The number of benzene rings is 1. The van der Waals surface area contributed by atoms with Gasteiger partial charge in [0.2, 0.25) is 0 Å². The number of rotatable bonds is 3. The lowest BCUT2D eigenvalue weighted by Gasteiger charge is -2.24. The third kappa shape index (κ3) is 3.06. The molecule has 2 aliphatic rings. The lowest BCUT2D eigenvalue weighted by atomic mass is 10.1. The molecule has 0 radical (unpaired) electrons. The number of carbonyl (C=O) groups excluding carboxylic acids is 1. The van der Waals surface area contributed by atoms with Crippen LogP contribution in [-0.2, 0) is 0 Å². The lowest BCUT2D eigenvalue weighted by Crippen LogP contribution is -2.39. The molecule has 2 atom stereocenters. The number of nitrogens with zero attached hydrogens (tertiary/aromatic N) is 3. The summed E-state index contributed by atoms with van der Waals surface area (Å²) >= 11 is 0. The summed E-state index contributed by atoms with van der Waals surface area (Å²) in [6.45, 7) is 1.54. The maximum Gasteiger partial charge on any atom is 0.272 e. The summed E-state index contributed by atoms with van der Waals surface area (Å²) in [7, 11) is 0. The van der Waals surface area contributed by atoms with E-state index in [1.165, 1.54) is 6.42 Å². The second-order valence-electron chi connectivity index (χ2n) is 7.32. The molecule has 2 unspecified atom stereocenters. The Kier molecular flexibility index (Phi) is 4.05. The molecule has 1 amide bonds. The molecular weight excluding hydrogens is 340 g/mol. The van der Waals surface area contributed by atoms with Crippen LogP contribution in [0.5, 0.6) is 0 Å². The summed E-state index contributed by atoms with van der Waals surface area (Å²) in [5.41, 5.74) is 2.11. The summed E-state index contributed by atoms with van der Waals surface area (Å²) in [4.78, 5) is 15.4. The Hall–Kier alpha value is -2.86. The molecule has 6 heteroatoms. The molecule has 3 aromatic rings. The zero-order valence-corrected chi connectivity index (χ0v) is 15.0. The van der Waals surface area contributed by atoms with E-state index in [1.807, 2.05) is 53.4 Å². The Balaban J connectivity index is 1.53. The highest BCUT2D eigenvalue weighted by Crippen LogP contribution is 2.25. The minimum absolute atomic E-state index is 0.0264. The second kappa shape index (κ2) is 6.70. The molecule has 0 spiro atoms. The van der Waals surface area contributed by atoms with E-state index in [9.17, 15) is 4.79 Å². The van der Waals surface area contributed by atoms with Crippen LogP contribution in [0.4, 0.5) is 0 Å². The summed E-state index contributed by atoms with van der Waals surface area (Å²) in [6, 6.07) is 16.3. The minimum atomic E-state index is 0.0264. The molecular formula is C21H22N4O2. The van der Waals surface area contributed by atoms with Crippen LogP contribution in [-0.4, -0.2) is 45.8 Å². The number of fused-ring (bicyclic) bond motifs is 2. The molecule has 0 saturated carbocycles. The fraction of sp³-hybridized carbons (Fsp3) is 0.333. The first-order valence-corrected chi connectivity index (χ1v) is 9.52. The van der Waals surface area contributed by atoms with Crippen molar-refractivity contribution in [1.29, 1.82) is 0 Å². The summed E-state index contributed by atoms with van der Waals surface area (Å²) in [5.74, 6) is 0.689. The monoisotopic (exact) mass is 362 g/mol. The minimum Gasteiger partial charge on any atom is -0.463 e. The normalized spacial score (nSPS) is 22.0. The van der Waals surface area contributed by atoms with Crippen molar-refractivity contribution in [3.8, 4) is 17.1 Å². The molecule has 27 heavy (non-hydrogen) atoms. The van der Waals surface area contributed by atoms with Crippen molar-refractivity contribution >= 4 is 5.91 Å². The van der Waals surface area contributed by atoms with Crippen LogP contribution in [0.1, 0.15) is 29.8 Å². The standard InChI is InChI=1S/C21H22N4O2/c26-21(24-11-10-15-8-9-16(14-24)22-15)19-13-18(20-7-4-12-27-20)23-25(19)17-5-2-1-3-6-17/h1-7,12-13,15-16,22H,8-11,14H2. The van der Waals surface area contributed by atoms with Crippen molar-refractivity contribution in [2.24, 2.45) is 0 Å². The van der Waals surface area contributed by atoms with Crippen molar-refractivity contribution in [2.45, 2.75) is 31.3 Å². The third-order valence-corrected chi connectivity index (χ3v) is 5.51. The largest absolute Gasteiger partial charge is 0.463 e. The fourth-order valence-electron chi connectivity index (χ4n) is 4.13. The molecule has 0 aliphatic carbocycles. The lowest BCUT2D eigenvalue weighted by molar-refractivity contribution is 0.0739. The molecule has 2 aromatic heterocycles. The fourth-order valence-corrected chi connectivity index (χ4v) is 4.13. The number of amides is 1. The number of nitrogens with one attached hydrogen (secondary N) is 1. The van der Waals surface area contributed by atoms with Crippen molar-refractivity contribution in [3.05, 3.63) is 60.5 Å². The molecule has 1 N–H and O–H groups in total.